The van der Waals surface area contributed by atoms with E-state index in [1.54, 1.807) is 0 Å². The molecule has 0 saturated carbocycles. The largest absolute Gasteiger partial charge is 0.481 e. The highest BCUT2D eigenvalue weighted by atomic mass is 79.9. The summed E-state index contributed by atoms with van der Waals surface area (Å²) in [6, 6.07) is 5.21. The number of hydrogen-bond acceptors (Lipinski definition) is 2. The fourth-order valence-electron chi connectivity index (χ4n) is 2.03. The van der Waals surface area contributed by atoms with Gasteiger partial charge in [-0.1, -0.05) is 19.9 Å². The van der Waals surface area contributed by atoms with Gasteiger partial charge in [0.15, 0.2) is 0 Å². The minimum atomic E-state index is -0.915. The second kappa shape index (κ2) is 7.45. The van der Waals surface area contributed by atoms with E-state index in [1.165, 1.54) is 0 Å². The summed E-state index contributed by atoms with van der Waals surface area (Å²) in [4.78, 5) is 23.3. The molecular weight excluding hydrogens is 336 g/mol. The number of aryl methyl sites for hydroxylation is 1. The summed E-state index contributed by atoms with van der Waals surface area (Å²) in [6.07, 6.45) is 0.931. The number of rotatable bonds is 6. The van der Waals surface area contributed by atoms with E-state index in [4.69, 9.17) is 0 Å². The van der Waals surface area contributed by atoms with Crippen LogP contribution in [0.25, 0.3) is 0 Å². The van der Waals surface area contributed by atoms with Crippen LogP contribution in [0, 0.1) is 12.3 Å². The van der Waals surface area contributed by atoms with Gasteiger partial charge in [-0.05, 0) is 53.4 Å². The molecule has 3 N–H and O–H groups in total. The van der Waals surface area contributed by atoms with Gasteiger partial charge in [0.1, 0.15) is 0 Å². The Balaban J connectivity index is 2.70. The molecule has 0 unspecified atom stereocenters. The summed E-state index contributed by atoms with van der Waals surface area (Å²) in [6.45, 7) is 5.66. The first kappa shape index (κ1) is 17.5. The van der Waals surface area contributed by atoms with Gasteiger partial charge < -0.3 is 15.7 Å². The predicted molar refractivity (Wildman–Crippen MR) is 86.6 cm³/mol. The summed E-state index contributed by atoms with van der Waals surface area (Å²) in [5, 5.41) is 14.7. The lowest BCUT2D eigenvalue weighted by Gasteiger charge is -2.26. The quantitative estimate of drug-likeness (QED) is 0.725. The average molecular weight is 357 g/mol. The third-order valence-electron chi connectivity index (χ3n) is 3.76. The molecular formula is C15H21BrN2O3. The number of nitrogens with one attached hydrogen (secondary N) is 2. The van der Waals surface area contributed by atoms with E-state index in [0.29, 0.717) is 18.5 Å². The van der Waals surface area contributed by atoms with Gasteiger partial charge in [-0.3, -0.25) is 4.79 Å². The van der Waals surface area contributed by atoms with Gasteiger partial charge in [0, 0.05) is 11.0 Å². The Labute approximate surface area is 133 Å². The summed E-state index contributed by atoms with van der Waals surface area (Å²) in [7, 11) is 0. The molecule has 0 fully saturated rings. The molecule has 0 heterocycles. The maximum atomic E-state index is 11.9. The minimum Gasteiger partial charge on any atom is -0.481 e. The first-order chi connectivity index (χ1) is 9.84. The van der Waals surface area contributed by atoms with Gasteiger partial charge >= 0.3 is 12.0 Å². The van der Waals surface area contributed by atoms with Crippen molar-refractivity contribution in [3.05, 3.63) is 28.2 Å². The molecule has 21 heavy (non-hydrogen) atoms. The molecule has 6 heteroatoms. The van der Waals surface area contributed by atoms with Gasteiger partial charge in [-0.15, -0.1) is 0 Å². The fourth-order valence-corrected chi connectivity index (χ4v) is 2.37. The minimum absolute atomic E-state index is 0.102. The second-order valence-electron chi connectivity index (χ2n) is 5.08. The Morgan fingerprint density at radius 3 is 2.43 bits per heavy atom. The van der Waals surface area contributed by atoms with Crippen molar-refractivity contribution in [2.24, 2.45) is 5.41 Å². The van der Waals surface area contributed by atoms with Crippen molar-refractivity contribution in [2.75, 3.05) is 11.9 Å². The highest BCUT2D eigenvalue weighted by Crippen LogP contribution is 2.26. The Morgan fingerprint density at radius 1 is 1.29 bits per heavy atom. The molecule has 1 aromatic rings. The smallest absolute Gasteiger partial charge is 0.319 e. The number of halogens is 1. The Kier molecular flexibility index (Phi) is 6.20. The van der Waals surface area contributed by atoms with Crippen molar-refractivity contribution in [3.8, 4) is 0 Å². The number of carbonyl (C=O) groups excluding carboxylic acids is 1. The summed E-state index contributed by atoms with van der Waals surface area (Å²) in [5.41, 5.74) is 0.762. The second-order valence-corrected chi connectivity index (χ2v) is 5.94. The van der Waals surface area contributed by atoms with Crippen molar-refractivity contribution < 1.29 is 14.7 Å². The zero-order valence-electron chi connectivity index (χ0n) is 12.5. The van der Waals surface area contributed by atoms with E-state index in [2.05, 4.69) is 26.6 Å². The van der Waals surface area contributed by atoms with Crippen LogP contribution in [-0.4, -0.2) is 23.7 Å². The molecule has 0 bridgehead atoms. The topological polar surface area (TPSA) is 78.4 Å². The molecule has 0 aliphatic rings. The third kappa shape index (κ3) is 4.46. The van der Waals surface area contributed by atoms with Crippen LogP contribution in [0.3, 0.4) is 0 Å². The Bertz CT molecular complexity index is 528. The van der Waals surface area contributed by atoms with Crippen molar-refractivity contribution in [3.63, 3.8) is 0 Å². The van der Waals surface area contributed by atoms with E-state index in [-0.39, 0.29) is 6.54 Å². The average Bonchev–Trinajstić information content (AvgIpc) is 2.44. The molecule has 5 nitrogen and oxygen atoms in total. The molecule has 1 aromatic carbocycles. The molecule has 0 saturated heterocycles. The number of aliphatic carboxylic acids is 1. The standard InChI is InChI=1S/C15H21BrN2O3/c1-4-15(5-2,13(19)20)9-17-14(21)18-12-8-10(3)6-7-11(12)16/h6-8H,4-5,9H2,1-3H3,(H,19,20)(H2,17,18,21). The normalized spacial score (nSPS) is 11.0. The number of benzene rings is 1. The van der Waals surface area contributed by atoms with Gasteiger partial charge in [-0.25, -0.2) is 4.79 Å². The molecule has 0 aliphatic carbocycles. The number of urea groups is 1. The van der Waals surface area contributed by atoms with Crippen LogP contribution in [-0.2, 0) is 4.79 Å². The molecule has 1 rings (SSSR count). The molecule has 2 amide bonds. The highest BCUT2D eigenvalue weighted by Gasteiger charge is 2.35. The molecule has 0 aromatic heterocycles. The van der Waals surface area contributed by atoms with E-state index in [9.17, 15) is 14.7 Å². The maximum Gasteiger partial charge on any atom is 0.319 e. The summed E-state index contributed by atoms with van der Waals surface area (Å²) in [5.74, 6) is -0.885. The van der Waals surface area contributed by atoms with Gasteiger partial charge in [0.25, 0.3) is 0 Å². The predicted octanol–water partition coefficient (Wildman–Crippen LogP) is 3.77. The monoisotopic (exact) mass is 356 g/mol. The van der Waals surface area contributed by atoms with Gasteiger partial charge in [0.05, 0.1) is 11.1 Å². The van der Waals surface area contributed by atoms with Gasteiger partial charge in [-0.2, -0.15) is 0 Å². The number of hydrogen-bond donors (Lipinski definition) is 3. The number of carboxylic acid groups (broad SMARTS) is 1. The Hall–Kier alpha value is -1.56. The van der Waals surface area contributed by atoms with Crippen molar-refractivity contribution in [2.45, 2.75) is 33.6 Å². The zero-order valence-corrected chi connectivity index (χ0v) is 14.1. The Morgan fingerprint density at radius 2 is 1.90 bits per heavy atom. The number of carbonyl (C=O) groups is 2. The third-order valence-corrected chi connectivity index (χ3v) is 4.46. The summed E-state index contributed by atoms with van der Waals surface area (Å²) >= 11 is 3.36. The fraction of sp³-hybridized carbons (Fsp3) is 0.467. The lowest BCUT2D eigenvalue weighted by atomic mass is 9.82. The van der Waals surface area contributed by atoms with E-state index >= 15 is 0 Å². The van der Waals surface area contributed by atoms with E-state index < -0.39 is 17.4 Å². The van der Waals surface area contributed by atoms with Crippen LogP contribution >= 0.6 is 15.9 Å². The van der Waals surface area contributed by atoms with Crippen LogP contribution < -0.4 is 10.6 Å². The highest BCUT2D eigenvalue weighted by molar-refractivity contribution is 9.10. The SMILES string of the molecule is CCC(CC)(CNC(=O)Nc1cc(C)ccc1Br)C(=O)O. The number of anilines is 1. The van der Waals surface area contributed by atoms with Crippen molar-refractivity contribution in [1.82, 2.24) is 5.32 Å². The lowest BCUT2D eigenvalue weighted by molar-refractivity contribution is -0.149. The molecule has 0 aliphatic heterocycles. The van der Waals surface area contributed by atoms with E-state index in [0.717, 1.165) is 10.0 Å². The number of amides is 2. The number of carboxylic acids is 1. The van der Waals surface area contributed by atoms with Crippen LogP contribution in [0.15, 0.2) is 22.7 Å². The molecule has 0 radical (unpaired) electrons. The van der Waals surface area contributed by atoms with Crippen LogP contribution in [0.2, 0.25) is 0 Å². The van der Waals surface area contributed by atoms with Crippen LogP contribution in [0.1, 0.15) is 32.3 Å². The zero-order chi connectivity index (χ0) is 16.0. The van der Waals surface area contributed by atoms with Gasteiger partial charge in [0.2, 0.25) is 0 Å². The van der Waals surface area contributed by atoms with Crippen LogP contribution in [0.5, 0.6) is 0 Å². The summed E-state index contributed by atoms with van der Waals surface area (Å²) < 4.78 is 0.777. The maximum absolute atomic E-state index is 11.9. The van der Waals surface area contributed by atoms with E-state index in [1.807, 2.05) is 39.0 Å². The molecule has 116 valence electrons. The molecule has 0 atom stereocenters. The first-order valence-corrected chi connectivity index (χ1v) is 7.68. The molecule has 0 spiro atoms. The first-order valence-electron chi connectivity index (χ1n) is 6.89. The lowest BCUT2D eigenvalue weighted by Crippen LogP contribution is -2.43. The van der Waals surface area contributed by atoms with Crippen molar-refractivity contribution >= 4 is 33.6 Å². The van der Waals surface area contributed by atoms with Crippen molar-refractivity contribution in [1.29, 1.82) is 0 Å². The van der Waals surface area contributed by atoms with Crippen LogP contribution in [0.4, 0.5) is 10.5 Å².